The van der Waals surface area contributed by atoms with E-state index in [0.717, 1.165) is 57.4 Å². The summed E-state index contributed by atoms with van der Waals surface area (Å²) in [6.07, 6.45) is 12.8. The summed E-state index contributed by atoms with van der Waals surface area (Å²) in [5.74, 6) is 2.60. The number of halogens is 1. The average Bonchev–Trinajstić information content (AvgIpc) is 3.65. The zero-order valence-corrected chi connectivity index (χ0v) is 21.1. The van der Waals surface area contributed by atoms with Gasteiger partial charge in [-0.3, -0.25) is 0 Å². The molecule has 194 valence electrons. The zero-order chi connectivity index (χ0) is 24.4. The van der Waals surface area contributed by atoms with Crippen LogP contribution >= 0.6 is 0 Å². The van der Waals surface area contributed by atoms with Gasteiger partial charge in [0.15, 0.2) is 17.3 Å². The molecule has 1 saturated carbocycles. The first-order chi connectivity index (χ1) is 17.7. The molecule has 3 aliphatic heterocycles. The topological polar surface area (TPSA) is 62.8 Å². The molecule has 1 unspecified atom stereocenters. The van der Waals surface area contributed by atoms with Gasteiger partial charge in [0.2, 0.25) is 0 Å². The first-order valence-corrected chi connectivity index (χ1v) is 13.7. The van der Waals surface area contributed by atoms with Crippen molar-refractivity contribution < 1.29 is 13.9 Å². The molecule has 1 spiro atoms. The third-order valence-electron chi connectivity index (χ3n) is 8.65. The van der Waals surface area contributed by atoms with Gasteiger partial charge in [-0.05, 0) is 63.1 Å². The molecule has 0 bridgehead atoms. The summed E-state index contributed by atoms with van der Waals surface area (Å²) in [4.78, 5) is 13.9. The van der Waals surface area contributed by atoms with E-state index in [9.17, 15) is 4.39 Å². The highest BCUT2D eigenvalue weighted by atomic mass is 19.1. The maximum Gasteiger partial charge on any atom is 0.188 e. The zero-order valence-electron chi connectivity index (χ0n) is 21.1. The lowest BCUT2D eigenvalue weighted by Gasteiger charge is -2.29. The molecular formula is C28H38FN5O2. The molecule has 4 fully saturated rings. The number of ether oxygens (including phenoxy) is 2. The lowest BCUT2D eigenvalue weighted by Crippen LogP contribution is -2.34. The number of anilines is 2. The lowest BCUT2D eigenvalue weighted by molar-refractivity contribution is 0.0543. The highest BCUT2D eigenvalue weighted by Crippen LogP contribution is 2.44. The molecule has 4 heterocycles. The first-order valence-electron chi connectivity index (χ1n) is 13.7. The van der Waals surface area contributed by atoms with Crippen LogP contribution in [0, 0.1) is 17.2 Å². The molecule has 8 heteroatoms. The summed E-state index contributed by atoms with van der Waals surface area (Å²) in [6.45, 7) is 7.34. The first kappa shape index (κ1) is 23.9. The van der Waals surface area contributed by atoms with E-state index in [1.807, 2.05) is 0 Å². The molecular weight excluding hydrogens is 457 g/mol. The Morgan fingerprint density at radius 1 is 1.06 bits per heavy atom. The second kappa shape index (κ2) is 10.5. The minimum Gasteiger partial charge on any atom is -0.450 e. The van der Waals surface area contributed by atoms with Crippen molar-refractivity contribution in [3.63, 3.8) is 0 Å². The maximum atomic E-state index is 14.1. The third kappa shape index (κ3) is 5.30. The molecule has 1 N–H and O–H groups in total. The molecule has 4 aliphatic rings. The minimum atomic E-state index is -0.264. The number of aromatic nitrogens is 2. The van der Waals surface area contributed by atoms with Crippen molar-refractivity contribution in [2.24, 2.45) is 11.3 Å². The lowest BCUT2D eigenvalue weighted by atomic mass is 9.86. The molecule has 1 atom stereocenters. The maximum absolute atomic E-state index is 14.1. The number of benzene rings is 1. The van der Waals surface area contributed by atoms with Crippen LogP contribution in [0.1, 0.15) is 51.4 Å². The van der Waals surface area contributed by atoms with Gasteiger partial charge in [0.1, 0.15) is 12.1 Å². The van der Waals surface area contributed by atoms with Crippen LogP contribution in [0.15, 0.2) is 30.7 Å². The van der Waals surface area contributed by atoms with E-state index in [4.69, 9.17) is 9.47 Å². The van der Waals surface area contributed by atoms with Crippen LogP contribution in [0.25, 0.3) is 0 Å². The number of hydrogen-bond donors (Lipinski definition) is 1. The van der Waals surface area contributed by atoms with Crippen molar-refractivity contribution in [1.82, 2.24) is 14.9 Å². The third-order valence-corrected chi connectivity index (χ3v) is 8.65. The largest absolute Gasteiger partial charge is 0.450 e. The summed E-state index contributed by atoms with van der Waals surface area (Å²) in [5, 5.41) is 3.50. The van der Waals surface area contributed by atoms with Crippen molar-refractivity contribution in [3.05, 3.63) is 36.5 Å². The van der Waals surface area contributed by atoms with Crippen molar-refractivity contribution >= 4 is 11.5 Å². The normalized spacial score (nSPS) is 25.8. The van der Waals surface area contributed by atoms with Crippen LogP contribution in [-0.2, 0) is 4.74 Å². The fourth-order valence-electron chi connectivity index (χ4n) is 6.66. The molecule has 1 aromatic heterocycles. The van der Waals surface area contributed by atoms with Crippen LogP contribution in [0.3, 0.4) is 0 Å². The number of rotatable bonds is 7. The molecule has 6 rings (SSSR count). The Labute approximate surface area is 213 Å². The summed E-state index contributed by atoms with van der Waals surface area (Å²) in [7, 11) is 0. The van der Waals surface area contributed by atoms with Gasteiger partial charge in [0.05, 0.1) is 11.9 Å². The Balaban J connectivity index is 1.14. The highest BCUT2D eigenvalue weighted by Gasteiger charge is 2.44. The van der Waals surface area contributed by atoms with Gasteiger partial charge in [-0.2, -0.15) is 0 Å². The van der Waals surface area contributed by atoms with Gasteiger partial charge < -0.3 is 24.6 Å². The quantitative estimate of drug-likeness (QED) is 0.574. The Hall–Kier alpha value is -2.45. The predicted octanol–water partition coefficient (Wildman–Crippen LogP) is 5.09. The van der Waals surface area contributed by atoms with E-state index in [1.54, 1.807) is 18.6 Å². The molecule has 1 aromatic carbocycles. The van der Waals surface area contributed by atoms with Crippen LogP contribution < -0.4 is 15.0 Å². The van der Waals surface area contributed by atoms with Crippen LogP contribution in [0.2, 0.25) is 0 Å². The van der Waals surface area contributed by atoms with E-state index >= 15 is 0 Å². The highest BCUT2D eigenvalue weighted by molar-refractivity contribution is 5.61. The summed E-state index contributed by atoms with van der Waals surface area (Å²) < 4.78 is 26.0. The van der Waals surface area contributed by atoms with Gasteiger partial charge in [0.25, 0.3) is 0 Å². The van der Waals surface area contributed by atoms with Gasteiger partial charge in [0, 0.05) is 56.9 Å². The monoisotopic (exact) mass is 495 g/mol. The SMILES string of the molecule is Fc1ccc(Oc2cncnc2N2CCC3(CCN(CC4CCOCC4)C3)C2)c(NC2CCCC2)c1. The molecule has 36 heavy (non-hydrogen) atoms. The van der Waals surface area contributed by atoms with E-state index in [2.05, 4.69) is 25.1 Å². The number of nitrogens with zero attached hydrogens (tertiary/aromatic N) is 4. The second-order valence-corrected chi connectivity index (χ2v) is 11.3. The average molecular weight is 496 g/mol. The van der Waals surface area contributed by atoms with E-state index in [1.165, 1.54) is 63.7 Å². The second-order valence-electron chi connectivity index (χ2n) is 11.3. The Morgan fingerprint density at radius 2 is 1.89 bits per heavy atom. The summed E-state index contributed by atoms with van der Waals surface area (Å²) >= 11 is 0. The van der Waals surface area contributed by atoms with E-state index in [-0.39, 0.29) is 5.82 Å². The van der Waals surface area contributed by atoms with Gasteiger partial charge in [-0.25, -0.2) is 14.4 Å². The molecule has 3 saturated heterocycles. The number of nitrogens with one attached hydrogen (secondary N) is 1. The van der Waals surface area contributed by atoms with Crippen LogP contribution in [0.5, 0.6) is 11.5 Å². The smallest absolute Gasteiger partial charge is 0.188 e. The van der Waals surface area contributed by atoms with E-state index in [0.29, 0.717) is 28.6 Å². The molecule has 0 amide bonds. The number of hydrogen-bond acceptors (Lipinski definition) is 7. The van der Waals surface area contributed by atoms with Gasteiger partial charge in [-0.15, -0.1) is 0 Å². The van der Waals surface area contributed by atoms with Crippen LogP contribution in [0.4, 0.5) is 15.9 Å². The van der Waals surface area contributed by atoms with E-state index < -0.39 is 0 Å². The van der Waals surface area contributed by atoms with Crippen LogP contribution in [-0.4, -0.2) is 66.8 Å². The fraction of sp³-hybridized carbons (Fsp3) is 0.643. The van der Waals surface area contributed by atoms with Gasteiger partial charge in [-0.1, -0.05) is 12.8 Å². The molecule has 7 nitrogen and oxygen atoms in total. The predicted molar refractivity (Wildman–Crippen MR) is 138 cm³/mol. The van der Waals surface area contributed by atoms with Gasteiger partial charge >= 0.3 is 0 Å². The standard InChI is InChI=1S/C28H38FN5O2/c29-22-5-6-25(24(15-22)32-23-3-1-2-4-23)36-26-16-30-20-31-27(26)34-12-10-28(19-34)9-11-33(18-28)17-21-7-13-35-14-8-21/h5-6,15-16,20-21,23,32H,1-4,7-14,17-19H2. The molecule has 0 radical (unpaired) electrons. The minimum absolute atomic E-state index is 0.264. The Bertz CT molecular complexity index is 1040. The molecule has 2 aromatic rings. The Morgan fingerprint density at radius 3 is 2.75 bits per heavy atom. The summed E-state index contributed by atoms with van der Waals surface area (Å²) in [6, 6.07) is 5.06. The van der Waals surface area contributed by atoms with Crippen molar-refractivity contribution in [1.29, 1.82) is 0 Å². The molecule has 1 aliphatic carbocycles. The van der Waals surface area contributed by atoms with Crippen molar-refractivity contribution in [2.45, 2.75) is 57.4 Å². The Kier molecular flexibility index (Phi) is 6.98. The summed E-state index contributed by atoms with van der Waals surface area (Å²) in [5.41, 5.74) is 1.02. The van der Waals surface area contributed by atoms with Crippen molar-refractivity contribution in [3.8, 4) is 11.5 Å². The van der Waals surface area contributed by atoms with Crippen molar-refractivity contribution in [2.75, 3.05) is 56.2 Å². The number of likely N-dealkylation sites (tertiary alicyclic amines) is 1. The fourth-order valence-corrected chi connectivity index (χ4v) is 6.66.